The molecule has 2 N–H and O–H groups in total. The lowest BCUT2D eigenvalue weighted by Gasteiger charge is -2.10. The monoisotopic (exact) mass is 435 g/mol. The number of hydrogen-bond acceptors (Lipinski definition) is 5. The van der Waals surface area contributed by atoms with E-state index >= 15 is 0 Å². The number of thioether (sulfide) groups is 1. The van der Waals surface area contributed by atoms with Gasteiger partial charge in [0.1, 0.15) is 0 Å². The first-order valence-corrected chi connectivity index (χ1v) is 10.5. The summed E-state index contributed by atoms with van der Waals surface area (Å²) >= 11 is 1.33. The number of rotatable bonds is 7. The highest BCUT2D eigenvalue weighted by molar-refractivity contribution is 8.00. The third-order valence-corrected chi connectivity index (χ3v) is 5.54. The summed E-state index contributed by atoms with van der Waals surface area (Å²) in [7, 11) is 0. The van der Waals surface area contributed by atoms with Gasteiger partial charge in [0.15, 0.2) is 0 Å². The molecule has 158 valence electrons. The normalized spacial score (nSPS) is 10.4. The Morgan fingerprint density at radius 1 is 0.935 bits per heavy atom. The Kier molecular flexibility index (Phi) is 7.04. The molecule has 3 aromatic carbocycles. The van der Waals surface area contributed by atoms with Crippen LogP contribution in [0.2, 0.25) is 0 Å². The van der Waals surface area contributed by atoms with Gasteiger partial charge in [0.2, 0.25) is 5.91 Å². The Hall–Kier alpha value is -3.65. The number of non-ortho nitro benzene ring substituents is 1. The molecule has 0 unspecified atom stereocenters. The molecule has 0 saturated heterocycles. The van der Waals surface area contributed by atoms with Gasteiger partial charge in [-0.15, -0.1) is 11.8 Å². The third kappa shape index (κ3) is 5.93. The van der Waals surface area contributed by atoms with Crippen LogP contribution in [0, 0.1) is 24.0 Å². The number of carbonyl (C=O) groups excluding carboxylic acids is 2. The zero-order valence-electron chi connectivity index (χ0n) is 17.0. The molecule has 0 radical (unpaired) electrons. The Labute approximate surface area is 184 Å². The van der Waals surface area contributed by atoms with Gasteiger partial charge in [-0.1, -0.05) is 24.3 Å². The smallest absolute Gasteiger partial charge is 0.269 e. The van der Waals surface area contributed by atoms with Gasteiger partial charge >= 0.3 is 0 Å². The fourth-order valence-corrected chi connectivity index (χ4v) is 3.68. The molecule has 0 atom stereocenters. The highest BCUT2D eigenvalue weighted by atomic mass is 32.2. The van der Waals surface area contributed by atoms with Crippen LogP contribution in [0.5, 0.6) is 0 Å². The number of nitro groups is 1. The van der Waals surface area contributed by atoms with Crippen LogP contribution in [0.15, 0.2) is 71.6 Å². The number of anilines is 2. The van der Waals surface area contributed by atoms with E-state index in [1.807, 2.05) is 43.3 Å². The number of nitrogens with one attached hydrogen (secondary N) is 2. The fourth-order valence-electron chi connectivity index (χ4n) is 2.93. The Morgan fingerprint density at radius 2 is 1.71 bits per heavy atom. The van der Waals surface area contributed by atoms with Crippen LogP contribution in [0.25, 0.3) is 0 Å². The highest BCUT2D eigenvalue weighted by Crippen LogP contribution is 2.24. The van der Waals surface area contributed by atoms with Crippen LogP contribution in [0.3, 0.4) is 0 Å². The van der Waals surface area contributed by atoms with Crippen LogP contribution in [0.1, 0.15) is 21.5 Å². The molecule has 31 heavy (non-hydrogen) atoms. The molecule has 0 spiro atoms. The van der Waals surface area contributed by atoms with E-state index in [-0.39, 0.29) is 23.3 Å². The zero-order valence-corrected chi connectivity index (χ0v) is 17.9. The van der Waals surface area contributed by atoms with Crippen LogP contribution in [-0.2, 0) is 4.79 Å². The van der Waals surface area contributed by atoms with Crippen molar-refractivity contribution in [3.8, 4) is 0 Å². The van der Waals surface area contributed by atoms with Crippen molar-refractivity contribution in [3.05, 3.63) is 93.5 Å². The van der Waals surface area contributed by atoms with Crippen molar-refractivity contribution in [2.75, 3.05) is 16.4 Å². The first-order valence-electron chi connectivity index (χ1n) is 9.48. The van der Waals surface area contributed by atoms with E-state index in [4.69, 9.17) is 0 Å². The predicted octanol–water partition coefficient (Wildman–Crippen LogP) is 5.19. The largest absolute Gasteiger partial charge is 0.325 e. The molecule has 2 amide bonds. The van der Waals surface area contributed by atoms with Gasteiger partial charge in [0.25, 0.3) is 11.6 Å². The first-order chi connectivity index (χ1) is 14.8. The van der Waals surface area contributed by atoms with Gasteiger partial charge in [-0.05, 0) is 55.3 Å². The van der Waals surface area contributed by atoms with Gasteiger partial charge in [0.05, 0.1) is 10.7 Å². The molecule has 7 nitrogen and oxygen atoms in total. The summed E-state index contributed by atoms with van der Waals surface area (Å²) in [5, 5.41) is 16.5. The molecule has 3 aromatic rings. The Balaban J connectivity index is 1.59. The summed E-state index contributed by atoms with van der Waals surface area (Å²) in [6.45, 7) is 3.59. The predicted molar refractivity (Wildman–Crippen MR) is 123 cm³/mol. The van der Waals surface area contributed by atoms with E-state index in [0.29, 0.717) is 22.5 Å². The minimum atomic E-state index is -0.473. The van der Waals surface area contributed by atoms with E-state index < -0.39 is 4.92 Å². The second-order valence-electron chi connectivity index (χ2n) is 6.89. The van der Waals surface area contributed by atoms with Crippen LogP contribution in [-0.4, -0.2) is 22.5 Å². The molecule has 8 heteroatoms. The molecule has 0 heterocycles. The molecule has 0 aromatic heterocycles. The van der Waals surface area contributed by atoms with E-state index in [1.165, 1.54) is 30.0 Å². The lowest BCUT2D eigenvalue weighted by atomic mass is 10.1. The number of nitro benzene ring substituents is 1. The van der Waals surface area contributed by atoms with Crippen LogP contribution >= 0.6 is 11.8 Å². The van der Waals surface area contributed by atoms with Crippen molar-refractivity contribution >= 4 is 40.6 Å². The van der Waals surface area contributed by atoms with E-state index in [1.54, 1.807) is 19.1 Å². The van der Waals surface area contributed by atoms with Crippen molar-refractivity contribution in [2.24, 2.45) is 0 Å². The number of amides is 2. The molecule has 0 fully saturated rings. The van der Waals surface area contributed by atoms with Crippen molar-refractivity contribution in [1.29, 1.82) is 0 Å². The third-order valence-electron chi connectivity index (χ3n) is 4.55. The summed E-state index contributed by atoms with van der Waals surface area (Å²) in [6, 6.07) is 18.9. The summed E-state index contributed by atoms with van der Waals surface area (Å²) < 4.78 is 0. The van der Waals surface area contributed by atoms with Crippen molar-refractivity contribution < 1.29 is 14.5 Å². The summed E-state index contributed by atoms with van der Waals surface area (Å²) in [4.78, 5) is 36.0. The lowest BCUT2D eigenvalue weighted by molar-refractivity contribution is -0.384. The molecular weight excluding hydrogens is 414 g/mol. The molecule has 0 saturated carbocycles. The summed E-state index contributed by atoms with van der Waals surface area (Å²) in [5.74, 6) is -0.256. The molecule has 0 aliphatic heterocycles. The minimum Gasteiger partial charge on any atom is -0.325 e. The minimum absolute atomic E-state index is 0.0190. The number of carbonyl (C=O) groups is 2. The summed E-state index contributed by atoms with van der Waals surface area (Å²) in [5.41, 5.74) is 3.28. The van der Waals surface area contributed by atoms with E-state index in [2.05, 4.69) is 10.6 Å². The number of hydrogen-bond donors (Lipinski definition) is 2. The maximum Gasteiger partial charge on any atom is 0.269 e. The molecule has 0 aliphatic carbocycles. The molecule has 0 aliphatic rings. The van der Waals surface area contributed by atoms with Gasteiger partial charge in [-0.2, -0.15) is 0 Å². The summed E-state index contributed by atoms with van der Waals surface area (Å²) in [6.07, 6.45) is 0. The number of nitrogens with zero attached hydrogens (tertiary/aromatic N) is 1. The van der Waals surface area contributed by atoms with Gasteiger partial charge in [0, 0.05) is 34.0 Å². The quantitative estimate of drug-likeness (QED) is 0.302. The van der Waals surface area contributed by atoms with E-state index in [0.717, 1.165) is 10.5 Å². The SMILES string of the molecule is Cc1cc([N+](=O)[O-])ccc1NC(=O)CSc1cccc(NC(=O)c2ccccc2C)c1. The Bertz CT molecular complexity index is 1150. The van der Waals surface area contributed by atoms with Crippen LogP contribution in [0.4, 0.5) is 17.1 Å². The van der Waals surface area contributed by atoms with Gasteiger partial charge < -0.3 is 10.6 Å². The van der Waals surface area contributed by atoms with Crippen molar-refractivity contribution in [2.45, 2.75) is 18.7 Å². The van der Waals surface area contributed by atoms with Gasteiger partial charge in [-0.3, -0.25) is 19.7 Å². The van der Waals surface area contributed by atoms with Crippen molar-refractivity contribution in [1.82, 2.24) is 0 Å². The average Bonchev–Trinajstić information content (AvgIpc) is 2.74. The molecular formula is C23H21N3O4S. The number of benzene rings is 3. The maximum atomic E-state index is 12.5. The zero-order chi connectivity index (χ0) is 22.4. The van der Waals surface area contributed by atoms with Crippen LogP contribution < -0.4 is 10.6 Å². The molecule has 3 rings (SSSR count). The second-order valence-corrected chi connectivity index (χ2v) is 7.94. The van der Waals surface area contributed by atoms with Crippen molar-refractivity contribution in [3.63, 3.8) is 0 Å². The molecule has 0 bridgehead atoms. The Morgan fingerprint density at radius 3 is 2.42 bits per heavy atom. The second kappa shape index (κ2) is 9.90. The first kappa shape index (κ1) is 22.0. The standard InChI is InChI=1S/C23H21N3O4S/c1-15-6-3-4-9-20(15)23(28)24-17-7-5-8-19(13-17)31-14-22(27)25-21-11-10-18(26(29)30)12-16(21)2/h3-13H,14H2,1-2H3,(H,24,28)(H,25,27). The van der Waals surface area contributed by atoms with E-state index in [9.17, 15) is 19.7 Å². The number of aryl methyl sites for hydroxylation is 2. The maximum absolute atomic E-state index is 12.5. The topological polar surface area (TPSA) is 101 Å². The lowest BCUT2D eigenvalue weighted by Crippen LogP contribution is -2.15. The fraction of sp³-hybridized carbons (Fsp3) is 0.130. The van der Waals surface area contributed by atoms with Gasteiger partial charge in [-0.25, -0.2) is 0 Å². The highest BCUT2D eigenvalue weighted by Gasteiger charge is 2.12. The average molecular weight is 436 g/mol.